The zero-order chi connectivity index (χ0) is 16.7. The second kappa shape index (κ2) is 5.96. The van der Waals surface area contributed by atoms with Gasteiger partial charge in [0.1, 0.15) is 15.5 Å². The first-order valence-corrected chi connectivity index (χ1v) is 8.13. The SMILES string of the molecule is Cc1c(C(=O)O)sc2nc(Cc3cc(Cl)cc(Cl)c3)[nH]c(=O)c12. The van der Waals surface area contributed by atoms with Crippen molar-refractivity contribution in [2.24, 2.45) is 0 Å². The minimum atomic E-state index is -1.06. The summed E-state index contributed by atoms with van der Waals surface area (Å²) in [5.74, 6) is -0.632. The standard InChI is InChI=1S/C15H10Cl2N2O3S/c1-6-11-13(20)18-10(19-14(11)23-12(6)15(21)22)4-7-2-8(16)5-9(17)3-7/h2-3,5H,4H2,1H3,(H,21,22)(H,18,19,20). The average molecular weight is 369 g/mol. The number of carbonyl (C=O) groups is 1. The Morgan fingerprint density at radius 3 is 2.57 bits per heavy atom. The van der Waals surface area contributed by atoms with Crippen LogP contribution in [0.3, 0.4) is 0 Å². The predicted molar refractivity (Wildman–Crippen MR) is 91.2 cm³/mol. The molecule has 0 radical (unpaired) electrons. The first-order chi connectivity index (χ1) is 10.8. The number of aromatic amines is 1. The second-order valence-corrected chi connectivity index (χ2v) is 6.88. The van der Waals surface area contributed by atoms with E-state index in [1.807, 2.05) is 0 Å². The average Bonchev–Trinajstić information content (AvgIpc) is 2.75. The maximum absolute atomic E-state index is 12.2. The number of aromatic carboxylic acids is 1. The van der Waals surface area contributed by atoms with Gasteiger partial charge in [0.05, 0.1) is 5.39 Å². The van der Waals surface area contributed by atoms with Crippen LogP contribution in [0.15, 0.2) is 23.0 Å². The summed E-state index contributed by atoms with van der Waals surface area (Å²) in [4.78, 5) is 31.0. The van der Waals surface area contributed by atoms with Crippen LogP contribution in [0.25, 0.3) is 10.2 Å². The highest BCUT2D eigenvalue weighted by Gasteiger charge is 2.18. The summed E-state index contributed by atoms with van der Waals surface area (Å²) >= 11 is 12.9. The molecule has 0 saturated heterocycles. The first-order valence-electron chi connectivity index (χ1n) is 6.55. The van der Waals surface area contributed by atoms with E-state index in [4.69, 9.17) is 28.3 Å². The van der Waals surface area contributed by atoms with Crippen LogP contribution < -0.4 is 5.56 Å². The predicted octanol–water partition coefficient (Wildman–Crippen LogP) is 3.89. The van der Waals surface area contributed by atoms with Crippen molar-refractivity contribution in [2.45, 2.75) is 13.3 Å². The van der Waals surface area contributed by atoms with Crippen LogP contribution >= 0.6 is 34.5 Å². The van der Waals surface area contributed by atoms with Crippen molar-refractivity contribution in [1.29, 1.82) is 0 Å². The number of nitrogens with zero attached hydrogens (tertiary/aromatic N) is 1. The van der Waals surface area contributed by atoms with Crippen LogP contribution in [0, 0.1) is 6.92 Å². The Bertz CT molecular complexity index is 974. The van der Waals surface area contributed by atoms with Crippen molar-refractivity contribution in [3.05, 3.63) is 60.4 Å². The molecule has 0 aliphatic heterocycles. The molecule has 2 aromatic heterocycles. The molecule has 23 heavy (non-hydrogen) atoms. The molecule has 118 valence electrons. The van der Waals surface area contributed by atoms with E-state index in [9.17, 15) is 9.59 Å². The highest BCUT2D eigenvalue weighted by molar-refractivity contribution is 7.20. The molecule has 2 heterocycles. The van der Waals surface area contributed by atoms with Gasteiger partial charge >= 0.3 is 5.97 Å². The summed E-state index contributed by atoms with van der Waals surface area (Å²) in [7, 11) is 0. The number of thiophene rings is 1. The van der Waals surface area contributed by atoms with E-state index in [0.29, 0.717) is 38.1 Å². The Morgan fingerprint density at radius 2 is 1.96 bits per heavy atom. The van der Waals surface area contributed by atoms with E-state index in [2.05, 4.69) is 9.97 Å². The van der Waals surface area contributed by atoms with Gasteiger partial charge in [0.15, 0.2) is 0 Å². The number of halogens is 2. The van der Waals surface area contributed by atoms with Crippen LogP contribution in [-0.4, -0.2) is 21.0 Å². The van der Waals surface area contributed by atoms with Gasteiger partial charge in [-0.1, -0.05) is 23.2 Å². The van der Waals surface area contributed by atoms with E-state index in [1.165, 1.54) is 0 Å². The highest BCUT2D eigenvalue weighted by Crippen LogP contribution is 2.27. The van der Waals surface area contributed by atoms with Gasteiger partial charge in [0, 0.05) is 16.5 Å². The minimum Gasteiger partial charge on any atom is -0.477 e. The van der Waals surface area contributed by atoms with Gasteiger partial charge in [-0.25, -0.2) is 9.78 Å². The lowest BCUT2D eigenvalue weighted by Gasteiger charge is -2.03. The van der Waals surface area contributed by atoms with Crippen LogP contribution in [0.4, 0.5) is 0 Å². The number of fused-ring (bicyclic) bond motifs is 1. The molecular weight excluding hydrogens is 359 g/mol. The number of H-pyrrole nitrogens is 1. The summed E-state index contributed by atoms with van der Waals surface area (Å²) in [5, 5.41) is 10.5. The van der Waals surface area contributed by atoms with Gasteiger partial charge < -0.3 is 10.1 Å². The molecule has 0 amide bonds. The molecule has 3 aromatic rings. The van der Waals surface area contributed by atoms with Gasteiger partial charge in [-0.3, -0.25) is 4.79 Å². The van der Waals surface area contributed by atoms with E-state index in [1.54, 1.807) is 25.1 Å². The minimum absolute atomic E-state index is 0.126. The number of rotatable bonds is 3. The lowest BCUT2D eigenvalue weighted by Crippen LogP contribution is -2.12. The lowest BCUT2D eigenvalue weighted by molar-refractivity contribution is 0.0701. The number of hydrogen-bond donors (Lipinski definition) is 2. The number of nitrogens with one attached hydrogen (secondary N) is 1. The van der Waals surface area contributed by atoms with Crippen molar-refractivity contribution in [3.8, 4) is 0 Å². The molecule has 8 heteroatoms. The van der Waals surface area contributed by atoms with Crippen molar-refractivity contribution in [3.63, 3.8) is 0 Å². The van der Waals surface area contributed by atoms with Crippen molar-refractivity contribution >= 4 is 50.7 Å². The lowest BCUT2D eigenvalue weighted by atomic mass is 10.1. The Hall–Kier alpha value is -1.89. The number of hydrogen-bond acceptors (Lipinski definition) is 4. The molecule has 0 fully saturated rings. The summed E-state index contributed by atoms with van der Waals surface area (Å²) < 4.78 is 0. The quantitative estimate of drug-likeness (QED) is 0.734. The summed E-state index contributed by atoms with van der Waals surface area (Å²) in [6.45, 7) is 1.61. The van der Waals surface area contributed by atoms with E-state index in [0.717, 1.165) is 16.9 Å². The fourth-order valence-corrected chi connectivity index (χ4v) is 3.99. The van der Waals surface area contributed by atoms with Gasteiger partial charge in [-0.2, -0.15) is 0 Å². The number of aromatic nitrogens is 2. The molecule has 0 aliphatic carbocycles. The number of benzene rings is 1. The Balaban J connectivity index is 2.09. The molecular formula is C15H10Cl2N2O3S. The molecule has 5 nitrogen and oxygen atoms in total. The second-order valence-electron chi connectivity index (χ2n) is 5.01. The normalized spacial score (nSPS) is 11.1. The fraction of sp³-hybridized carbons (Fsp3) is 0.133. The van der Waals surface area contributed by atoms with Gasteiger partial charge in [0.2, 0.25) is 0 Å². The largest absolute Gasteiger partial charge is 0.477 e. The van der Waals surface area contributed by atoms with Crippen LogP contribution in [-0.2, 0) is 6.42 Å². The van der Waals surface area contributed by atoms with Crippen molar-refractivity contribution in [2.75, 3.05) is 0 Å². The fourth-order valence-electron chi connectivity index (χ4n) is 2.38. The molecule has 1 aromatic carbocycles. The van der Waals surface area contributed by atoms with Gasteiger partial charge in [0.25, 0.3) is 5.56 Å². The van der Waals surface area contributed by atoms with Gasteiger partial charge in [-0.05, 0) is 36.2 Å². The van der Waals surface area contributed by atoms with E-state index < -0.39 is 5.97 Å². The molecule has 0 unspecified atom stereocenters. The maximum Gasteiger partial charge on any atom is 0.346 e. The van der Waals surface area contributed by atoms with Crippen molar-refractivity contribution < 1.29 is 9.90 Å². The molecule has 0 spiro atoms. The van der Waals surface area contributed by atoms with E-state index in [-0.39, 0.29) is 10.4 Å². The number of carboxylic acid groups (broad SMARTS) is 1. The van der Waals surface area contributed by atoms with Crippen LogP contribution in [0.5, 0.6) is 0 Å². The van der Waals surface area contributed by atoms with Gasteiger partial charge in [-0.15, -0.1) is 11.3 Å². The summed E-state index contributed by atoms with van der Waals surface area (Å²) in [5.41, 5.74) is 0.889. The smallest absolute Gasteiger partial charge is 0.346 e. The molecule has 0 saturated carbocycles. The Morgan fingerprint density at radius 1 is 1.30 bits per heavy atom. The zero-order valence-corrected chi connectivity index (χ0v) is 14.1. The van der Waals surface area contributed by atoms with Crippen molar-refractivity contribution in [1.82, 2.24) is 9.97 Å². The molecule has 0 bridgehead atoms. The topological polar surface area (TPSA) is 83.0 Å². The monoisotopic (exact) mass is 368 g/mol. The number of aryl methyl sites for hydroxylation is 1. The molecule has 3 rings (SSSR count). The molecule has 2 N–H and O–H groups in total. The Labute approximate surface area is 144 Å². The Kier molecular flexibility index (Phi) is 4.14. The van der Waals surface area contributed by atoms with Crippen LogP contribution in [0.1, 0.15) is 26.6 Å². The highest BCUT2D eigenvalue weighted by atomic mass is 35.5. The van der Waals surface area contributed by atoms with E-state index >= 15 is 0 Å². The maximum atomic E-state index is 12.2. The number of carboxylic acids is 1. The van der Waals surface area contributed by atoms with Crippen LogP contribution in [0.2, 0.25) is 10.0 Å². The third-order valence-corrected chi connectivity index (χ3v) is 4.95. The third kappa shape index (κ3) is 3.10. The summed E-state index contributed by atoms with van der Waals surface area (Å²) in [6, 6.07) is 5.09. The molecule has 0 atom stereocenters. The third-order valence-electron chi connectivity index (χ3n) is 3.34. The summed E-state index contributed by atoms with van der Waals surface area (Å²) in [6.07, 6.45) is 0.338. The molecule has 0 aliphatic rings. The zero-order valence-electron chi connectivity index (χ0n) is 11.8. The first kappa shape index (κ1) is 16.0.